The summed E-state index contributed by atoms with van der Waals surface area (Å²) >= 11 is 7.03. The highest BCUT2D eigenvalue weighted by molar-refractivity contribution is 8.00. The van der Waals surface area contributed by atoms with Gasteiger partial charge in [0.25, 0.3) is 11.8 Å². The van der Waals surface area contributed by atoms with Crippen LogP contribution in [0.2, 0.25) is 5.02 Å². The quantitative estimate of drug-likeness (QED) is 0.432. The minimum absolute atomic E-state index is 0.0405. The van der Waals surface area contributed by atoms with E-state index >= 15 is 0 Å². The Hall–Kier alpha value is -3.38. The second-order valence-electron chi connectivity index (χ2n) is 7.84. The van der Waals surface area contributed by atoms with Gasteiger partial charge in [-0.15, -0.1) is 11.8 Å². The van der Waals surface area contributed by atoms with Crippen LogP contribution in [0.25, 0.3) is 10.9 Å². The highest BCUT2D eigenvalue weighted by atomic mass is 35.5. The summed E-state index contributed by atoms with van der Waals surface area (Å²) in [5, 5.41) is 11.2. The number of carbonyl (C=O) groups excluding carboxylic acids is 3. The standard InChI is InChI=1S/C22H19ClFN3O7S/c1-3-26-6-12(18(29)11-4-14(24)13(23)5-15(11)26)19(30)25-16-20(31)27-17(22(32)33)10(7-34-9(2)28)8-35-21(16)27/h4-6,16,21H,3,7-8H2,1-2H3,(H,25,30)(H,32,33)/t16-,21-/m1/s1. The average Bonchev–Trinajstić information content (AvgIpc) is 2.81. The number of esters is 1. The summed E-state index contributed by atoms with van der Waals surface area (Å²) in [4.78, 5) is 62.7. The molecular weight excluding hydrogens is 505 g/mol. The third-order valence-corrected chi connectivity index (χ3v) is 7.32. The number of fused-ring (bicyclic) bond motifs is 2. The molecule has 0 unspecified atom stereocenters. The van der Waals surface area contributed by atoms with E-state index in [2.05, 4.69) is 5.32 Å². The molecule has 2 N–H and O–H groups in total. The number of thioether (sulfide) groups is 1. The van der Waals surface area contributed by atoms with Crippen LogP contribution in [-0.2, 0) is 25.7 Å². The zero-order chi connectivity index (χ0) is 25.6. The molecule has 2 atom stereocenters. The molecule has 0 radical (unpaired) electrons. The van der Waals surface area contributed by atoms with Crippen molar-refractivity contribution in [2.45, 2.75) is 31.8 Å². The van der Waals surface area contributed by atoms with Crippen molar-refractivity contribution in [3.63, 3.8) is 0 Å². The summed E-state index contributed by atoms with van der Waals surface area (Å²) in [5.41, 5.74) is -0.707. The molecule has 184 valence electrons. The zero-order valence-corrected chi connectivity index (χ0v) is 20.0. The number of aliphatic carboxylic acids is 1. The smallest absolute Gasteiger partial charge is 0.352 e. The number of amides is 2. The highest BCUT2D eigenvalue weighted by Crippen LogP contribution is 2.40. The molecule has 2 aromatic rings. The Balaban J connectivity index is 1.62. The van der Waals surface area contributed by atoms with Gasteiger partial charge in [0.05, 0.1) is 10.5 Å². The molecule has 0 saturated carbocycles. The Kier molecular flexibility index (Phi) is 6.60. The zero-order valence-electron chi connectivity index (χ0n) is 18.5. The molecule has 2 amide bonds. The lowest BCUT2D eigenvalue weighted by Gasteiger charge is -2.49. The fourth-order valence-electron chi connectivity index (χ4n) is 4.01. The largest absolute Gasteiger partial charge is 0.477 e. The summed E-state index contributed by atoms with van der Waals surface area (Å²) in [5.74, 6) is -4.13. The van der Waals surface area contributed by atoms with Gasteiger partial charge >= 0.3 is 11.9 Å². The number of halogens is 2. The van der Waals surface area contributed by atoms with E-state index in [1.807, 2.05) is 0 Å². The van der Waals surface area contributed by atoms with E-state index in [9.17, 15) is 33.5 Å². The number of carboxylic acids is 1. The number of carboxylic acid groups (broad SMARTS) is 1. The molecule has 35 heavy (non-hydrogen) atoms. The third kappa shape index (κ3) is 4.27. The van der Waals surface area contributed by atoms with Gasteiger partial charge in [-0.05, 0) is 19.1 Å². The van der Waals surface area contributed by atoms with Crippen molar-refractivity contribution in [1.82, 2.24) is 14.8 Å². The van der Waals surface area contributed by atoms with E-state index in [4.69, 9.17) is 16.3 Å². The normalized spacial score (nSPS) is 19.3. The fraction of sp³-hybridized carbons (Fsp3) is 0.318. The highest BCUT2D eigenvalue weighted by Gasteiger charge is 2.54. The number of β-lactam (4-membered cyclic amide) rings is 1. The summed E-state index contributed by atoms with van der Waals surface area (Å²) in [7, 11) is 0. The van der Waals surface area contributed by atoms with Crippen LogP contribution >= 0.6 is 23.4 Å². The first-order chi connectivity index (χ1) is 16.5. The van der Waals surface area contributed by atoms with Crippen LogP contribution < -0.4 is 10.7 Å². The van der Waals surface area contributed by atoms with Gasteiger partial charge < -0.3 is 19.7 Å². The Morgan fingerprint density at radius 1 is 1.31 bits per heavy atom. The van der Waals surface area contributed by atoms with E-state index in [0.717, 1.165) is 11.0 Å². The Morgan fingerprint density at radius 2 is 2.03 bits per heavy atom. The van der Waals surface area contributed by atoms with E-state index in [1.165, 1.54) is 30.9 Å². The van der Waals surface area contributed by atoms with Crippen LogP contribution in [0.15, 0.2) is 34.4 Å². The minimum Gasteiger partial charge on any atom is -0.477 e. The number of nitrogens with zero attached hydrogens (tertiary/aromatic N) is 2. The van der Waals surface area contributed by atoms with Gasteiger partial charge in [-0.1, -0.05) is 11.6 Å². The van der Waals surface area contributed by atoms with Gasteiger partial charge in [-0.3, -0.25) is 24.1 Å². The van der Waals surface area contributed by atoms with Crippen molar-refractivity contribution in [3.05, 3.63) is 56.2 Å². The first kappa shape index (κ1) is 24.7. The minimum atomic E-state index is -1.36. The van der Waals surface area contributed by atoms with Crippen LogP contribution in [-0.4, -0.2) is 62.1 Å². The van der Waals surface area contributed by atoms with Gasteiger partial charge in [0.2, 0.25) is 5.43 Å². The summed E-state index contributed by atoms with van der Waals surface area (Å²) < 4.78 is 20.5. The van der Waals surface area contributed by atoms with Crippen molar-refractivity contribution in [2.24, 2.45) is 0 Å². The number of rotatable bonds is 6. The average molecular weight is 524 g/mol. The predicted molar refractivity (Wildman–Crippen MR) is 124 cm³/mol. The van der Waals surface area contributed by atoms with Crippen LogP contribution in [0.1, 0.15) is 24.2 Å². The van der Waals surface area contributed by atoms with Gasteiger partial charge in [0.1, 0.15) is 35.1 Å². The number of benzene rings is 1. The summed E-state index contributed by atoms with van der Waals surface area (Å²) in [6.07, 6.45) is 1.31. The molecule has 2 aliphatic heterocycles. The van der Waals surface area contributed by atoms with E-state index < -0.39 is 46.4 Å². The van der Waals surface area contributed by atoms with Crippen LogP contribution in [0.3, 0.4) is 0 Å². The van der Waals surface area contributed by atoms with Crippen molar-refractivity contribution in [3.8, 4) is 0 Å². The molecule has 3 heterocycles. The van der Waals surface area contributed by atoms with E-state index in [-0.39, 0.29) is 39.6 Å². The van der Waals surface area contributed by atoms with E-state index in [0.29, 0.717) is 12.1 Å². The molecule has 0 bridgehead atoms. The second kappa shape index (κ2) is 9.34. The number of nitrogens with one attached hydrogen (secondary N) is 1. The van der Waals surface area contributed by atoms with Gasteiger partial charge in [0, 0.05) is 36.4 Å². The molecule has 1 saturated heterocycles. The monoisotopic (exact) mass is 523 g/mol. The maximum absolute atomic E-state index is 14.0. The molecule has 2 aliphatic rings. The summed E-state index contributed by atoms with van der Waals surface area (Å²) in [6.45, 7) is 3.03. The lowest BCUT2D eigenvalue weighted by atomic mass is 10.0. The van der Waals surface area contributed by atoms with Gasteiger partial charge in [-0.25, -0.2) is 9.18 Å². The molecule has 1 fully saturated rings. The number of hydrogen-bond acceptors (Lipinski definition) is 7. The van der Waals surface area contributed by atoms with Crippen LogP contribution in [0.5, 0.6) is 0 Å². The lowest BCUT2D eigenvalue weighted by Crippen LogP contribution is -2.70. The third-order valence-electron chi connectivity index (χ3n) is 5.69. The van der Waals surface area contributed by atoms with Gasteiger partial charge in [0.15, 0.2) is 0 Å². The Labute approximate surface area is 206 Å². The number of carbonyl (C=O) groups is 4. The van der Waals surface area contributed by atoms with Crippen molar-refractivity contribution in [1.29, 1.82) is 0 Å². The Morgan fingerprint density at radius 3 is 2.66 bits per heavy atom. The van der Waals surface area contributed by atoms with Crippen molar-refractivity contribution < 1.29 is 33.4 Å². The lowest BCUT2D eigenvalue weighted by molar-refractivity contribution is -0.149. The number of aromatic nitrogens is 1. The maximum Gasteiger partial charge on any atom is 0.352 e. The molecule has 1 aromatic carbocycles. The molecule has 0 aliphatic carbocycles. The molecule has 13 heteroatoms. The maximum atomic E-state index is 14.0. The first-order valence-corrected chi connectivity index (χ1v) is 11.8. The molecule has 0 spiro atoms. The second-order valence-corrected chi connectivity index (χ2v) is 9.35. The van der Waals surface area contributed by atoms with Crippen molar-refractivity contribution >= 4 is 58.0 Å². The SMILES string of the molecule is CCn1cc(C(=O)N[C@@H]2C(=O)N3C(C(=O)O)=C(COC(C)=O)CS[C@H]23)c(=O)c2cc(F)c(Cl)cc21. The summed E-state index contributed by atoms with van der Waals surface area (Å²) in [6, 6.07) is 1.19. The molecular formula is C22H19ClFN3O7S. The number of aryl methyl sites for hydroxylation is 1. The van der Waals surface area contributed by atoms with Crippen molar-refractivity contribution in [2.75, 3.05) is 12.4 Å². The predicted octanol–water partition coefficient (Wildman–Crippen LogP) is 1.73. The molecule has 1 aromatic heterocycles. The first-order valence-electron chi connectivity index (χ1n) is 10.4. The topological polar surface area (TPSA) is 135 Å². The van der Waals surface area contributed by atoms with Crippen LogP contribution in [0, 0.1) is 5.82 Å². The van der Waals surface area contributed by atoms with E-state index in [1.54, 1.807) is 11.5 Å². The fourth-order valence-corrected chi connectivity index (χ4v) is 5.50. The van der Waals surface area contributed by atoms with Gasteiger partial charge in [-0.2, -0.15) is 0 Å². The van der Waals surface area contributed by atoms with Crippen LogP contribution in [0.4, 0.5) is 4.39 Å². The number of ether oxygens (including phenoxy) is 1. The Bertz CT molecular complexity index is 1390. The number of pyridine rings is 1. The molecule has 10 nitrogen and oxygen atoms in total. The molecule has 4 rings (SSSR count). The number of hydrogen-bond donors (Lipinski definition) is 2.